The summed E-state index contributed by atoms with van der Waals surface area (Å²) in [6.07, 6.45) is 1.16. The van der Waals surface area contributed by atoms with Crippen molar-refractivity contribution in [3.05, 3.63) is 35.9 Å². The van der Waals surface area contributed by atoms with Crippen molar-refractivity contribution in [3.8, 4) is 0 Å². The van der Waals surface area contributed by atoms with E-state index < -0.39 is 0 Å². The third-order valence-electron chi connectivity index (χ3n) is 2.45. The van der Waals surface area contributed by atoms with Crippen LogP contribution in [0.3, 0.4) is 0 Å². The molecule has 0 radical (unpaired) electrons. The SMILES string of the molecule is CCOC(OCC)[SiH2]CCc1ccccc1. The first-order valence-corrected chi connectivity index (χ1v) is 7.95. The van der Waals surface area contributed by atoms with E-state index in [1.807, 2.05) is 13.8 Å². The molecule has 0 aliphatic heterocycles. The van der Waals surface area contributed by atoms with Crippen molar-refractivity contribution in [2.75, 3.05) is 13.2 Å². The number of ether oxygens (including phenoxy) is 2. The molecule has 1 aromatic carbocycles. The highest BCUT2D eigenvalue weighted by atomic mass is 28.2. The second-order valence-electron chi connectivity index (χ2n) is 3.72. The molecule has 0 aromatic heterocycles. The molecule has 0 unspecified atom stereocenters. The maximum Gasteiger partial charge on any atom is 0.134 e. The number of hydrogen-bond donors (Lipinski definition) is 0. The minimum atomic E-state index is -0.285. The first-order valence-electron chi connectivity index (χ1n) is 6.14. The van der Waals surface area contributed by atoms with Crippen LogP contribution in [-0.4, -0.2) is 28.6 Å². The Balaban J connectivity index is 2.22. The number of benzene rings is 1. The third-order valence-corrected chi connectivity index (χ3v) is 4.16. The van der Waals surface area contributed by atoms with Crippen LogP contribution < -0.4 is 0 Å². The predicted octanol–water partition coefficient (Wildman–Crippen LogP) is 2.17. The Bertz CT molecular complexity index is 258. The quantitative estimate of drug-likeness (QED) is 0.510. The van der Waals surface area contributed by atoms with Crippen LogP contribution in [0.25, 0.3) is 0 Å². The molecule has 1 rings (SSSR count). The summed E-state index contributed by atoms with van der Waals surface area (Å²) in [6.45, 7) is 5.56. The van der Waals surface area contributed by atoms with E-state index in [0.717, 1.165) is 19.6 Å². The molecule has 1 aromatic rings. The van der Waals surface area contributed by atoms with Gasteiger partial charge in [0.2, 0.25) is 0 Å². The average molecular weight is 238 g/mol. The van der Waals surface area contributed by atoms with E-state index in [1.165, 1.54) is 11.6 Å². The van der Waals surface area contributed by atoms with Gasteiger partial charge in [0.05, 0.1) is 9.52 Å². The van der Waals surface area contributed by atoms with Gasteiger partial charge in [0.15, 0.2) is 0 Å². The second-order valence-corrected chi connectivity index (χ2v) is 5.67. The van der Waals surface area contributed by atoms with Gasteiger partial charge in [-0.25, -0.2) is 0 Å². The van der Waals surface area contributed by atoms with Gasteiger partial charge in [-0.05, 0) is 25.8 Å². The van der Waals surface area contributed by atoms with Crippen molar-refractivity contribution in [2.45, 2.75) is 32.2 Å². The van der Waals surface area contributed by atoms with E-state index >= 15 is 0 Å². The molecule has 0 N–H and O–H groups in total. The molecule has 0 bridgehead atoms. The van der Waals surface area contributed by atoms with Crippen LogP contribution >= 0.6 is 0 Å². The highest BCUT2D eigenvalue weighted by molar-refractivity contribution is 6.36. The first kappa shape index (κ1) is 13.4. The summed E-state index contributed by atoms with van der Waals surface area (Å²) in [4.78, 5) is 0. The highest BCUT2D eigenvalue weighted by Gasteiger charge is 2.07. The summed E-state index contributed by atoms with van der Waals surface area (Å²) in [5.41, 5.74) is 1.42. The van der Waals surface area contributed by atoms with Gasteiger partial charge in [0, 0.05) is 13.2 Å². The van der Waals surface area contributed by atoms with Gasteiger partial charge in [0.25, 0.3) is 0 Å². The average Bonchev–Trinajstić information content (AvgIpc) is 2.31. The van der Waals surface area contributed by atoms with Crippen molar-refractivity contribution in [3.63, 3.8) is 0 Å². The molecule has 0 saturated carbocycles. The van der Waals surface area contributed by atoms with Gasteiger partial charge >= 0.3 is 0 Å². The lowest BCUT2D eigenvalue weighted by atomic mass is 10.2. The van der Waals surface area contributed by atoms with Crippen LogP contribution in [0.15, 0.2) is 30.3 Å². The molecule has 3 heteroatoms. The summed E-state index contributed by atoms with van der Waals surface area (Å²) in [5.74, 6) is 0.110. The molecule has 0 aliphatic carbocycles. The zero-order chi connectivity index (χ0) is 11.6. The molecule has 0 aliphatic rings. The predicted molar refractivity (Wildman–Crippen MR) is 70.5 cm³/mol. The highest BCUT2D eigenvalue weighted by Crippen LogP contribution is 2.04. The summed E-state index contributed by atoms with van der Waals surface area (Å²) < 4.78 is 11.1. The lowest BCUT2D eigenvalue weighted by molar-refractivity contribution is -0.0827. The van der Waals surface area contributed by atoms with Crippen molar-refractivity contribution in [2.24, 2.45) is 0 Å². The fourth-order valence-corrected chi connectivity index (χ4v) is 3.45. The summed E-state index contributed by atoms with van der Waals surface area (Å²) >= 11 is 0. The van der Waals surface area contributed by atoms with E-state index in [1.54, 1.807) is 0 Å². The largest absolute Gasteiger partial charge is 0.357 e. The van der Waals surface area contributed by atoms with Crippen molar-refractivity contribution < 1.29 is 9.47 Å². The Kier molecular flexibility index (Phi) is 7.13. The Morgan fingerprint density at radius 2 is 1.69 bits per heavy atom. The molecule has 90 valence electrons. The van der Waals surface area contributed by atoms with Gasteiger partial charge in [-0.15, -0.1) is 0 Å². The Labute approximate surface area is 101 Å². The summed E-state index contributed by atoms with van der Waals surface area (Å²) in [5, 5.41) is 0. The van der Waals surface area contributed by atoms with Crippen molar-refractivity contribution >= 4 is 9.52 Å². The monoisotopic (exact) mass is 238 g/mol. The fraction of sp³-hybridized carbons (Fsp3) is 0.538. The molecular formula is C13H22O2Si. The first-order chi connectivity index (χ1) is 7.86. The van der Waals surface area contributed by atoms with Gasteiger partial charge in [-0.2, -0.15) is 0 Å². The van der Waals surface area contributed by atoms with E-state index in [4.69, 9.17) is 9.47 Å². The zero-order valence-electron chi connectivity index (χ0n) is 10.3. The van der Waals surface area contributed by atoms with Crippen molar-refractivity contribution in [1.82, 2.24) is 0 Å². The van der Waals surface area contributed by atoms with Crippen LogP contribution in [0, 0.1) is 0 Å². The molecule has 2 nitrogen and oxygen atoms in total. The van der Waals surface area contributed by atoms with E-state index in [2.05, 4.69) is 30.3 Å². The van der Waals surface area contributed by atoms with E-state index in [-0.39, 0.29) is 15.4 Å². The Morgan fingerprint density at radius 1 is 1.06 bits per heavy atom. The molecule has 0 atom stereocenters. The minimum absolute atomic E-state index is 0.110. The van der Waals surface area contributed by atoms with Crippen molar-refractivity contribution in [1.29, 1.82) is 0 Å². The van der Waals surface area contributed by atoms with Crippen LogP contribution in [0.2, 0.25) is 6.04 Å². The fourth-order valence-electron chi connectivity index (χ4n) is 1.70. The summed E-state index contributed by atoms with van der Waals surface area (Å²) in [7, 11) is -0.285. The summed E-state index contributed by atoms with van der Waals surface area (Å²) in [6, 6.07) is 11.9. The zero-order valence-corrected chi connectivity index (χ0v) is 11.7. The van der Waals surface area contributed by atoms with Crippen LogP contribution in [0.4, 0.5) is 0 Å². The smallest absolute Gasteiger partial charge is 0.134 e. The lowest BCUT2D eigenvalue weighted by Gasteiger charge is -2.16. The third kappa shape index (κ3) is 5.44. The van der Waals surface area contributed by atoms with E-state index in [9.17, 15) is 0 Å². The molecule has 0 amide bonds. The normalized spacial score (nSPS) is 11.7. The number of hydrogen-bond acceptors (Lipinski definition) is 2. The topological polar surface area (TPSA) is 18.5 Å². The Morgan fingerprint density at radius 3 is 2.25 bits per heavy atom. The molecule has 0 heterocycles. The molecule has 0 fully saturated rings. The van der Waals surface area contributed by atoms with Crippen LogP contribution in [-0.2, 0) is 15.9 Å². The van der Waals surface area contributed by atoms with E-state index in [0.29, 0.717) is 0 Å². The lowest BCUT2D eigenvalue weighted by Crippen LogP contribution is -2.24. The minimum Gasteiger partial charge on any atom is -0.357 e. The van der Waals surface area contributed by atoms with Gasteiger partial charge in [-0.1, -0.05) is 36.4 Å². The van der Waals surface area contributed by atoms with Gasteiger partial charge < -0.3 is 9.47 Å². The Hall–Kier alpha value is -0.643. The molecule has 0 saturated heterocycles. The molecule has 0 spiro atoms. The maximum atomic E-state index is 5.56. The van der Waals surface area contributed by atoms with Gasteiger partial charge in [0.1, 0.15) is 5.91 Å². The standard InChI is InChI=1S/C13H22O2Si/c1-3-14-13(15-4-2)16-11-10-12-8-6-5-7-9-12/h5-9,13H,3-4,10-11,16H2,1-2H3. The molecular weight excluding hydrogens is 216 g/mol. The van der Waals surface area contributed by atoms with Crippen LogP contribution in [0.5, 0.6) is 0 Å². The molecule has 16 heavy (non-hydrogen) atoms. The number of aryl methyl sites for hydroxylation is 1. The van der Waals surface area contributed by atoms with Gasteiger partial charge in [-0.3, -0.25) is 0 Å². The number of rotatable bonds is 8. The second kappa shape index (κ2) is 8.50. The maximum absolute atomic E-state index is 5.56. The van der Waals surface area contributed by atoms with Crippen LogP contribution in [0.1, 0.15) is 19.4 Å².